The molecule has 4 nitrogen and oxygen atoms in total. The van der Waals surface area contributed by atoms with Crippen molar-refractivity contribution in [3.8, 4) is 0 Å². The van der Waals surface area contributed by atoms with E-state index in [1.165, 1.54) is 38.5 Å². The Morgan fingerprint density at radius 2 is 1.77 bits per heavy atom. The second-order valence-electron chi connectivity index (χ2n) is 12.2. The van der Waals surface area contributed by atoms with E-state index in [1.54, 1.807) is 0 Å². The van der Waals surface area contributed by atoms with E-state index in [2.05, 4.69) is 39.9 Å². The van der Waals surface area contributed by atoms with Crippen molar-refractivity contribution < 1.29 is 14.7 Å². The van der Waals surface area contributed by atoms with Crippen molar-refractivity contribution in [3.05, 3.63) is 0 Å². The zero-order chi connectivity index (χ0) is 21.9. The first-order valence-corrected chi connectivity index (χ1v) is 12.6. The molecule has 4 fully saturated rings. The quantitative estimate of drug-likeness (QED) is 0.655. The summed E-state index contributed by atoms with van der Waals surface area (Å²) in [4.78, 5) is 25.2. The summed E-state index contributed by atoms with van der Waals surface area (Å²) in [5.74, 6) is 3.23. The van der Waals surface area contributed by atoms with Gasteiger partial charge in [0.2, 0.25) is 11.6 Å². The van der Waals surface area contributed by atoms with Crippen LogP contribution >= 0.6 is 0 Å². The summed E-state index contributed by atoms with van der Waals surface area (Å²) in [6.07, 6.45) is 10.2. The second-order valence-corrected chi connectivity index (χ2v) is 12.2. The molecule has 0 aromatic carbocycles. The first-order valence-electron chi connectivity index (χ1n) is 12.6. The molecule has 4 rings (SSSR count). The van der Waals surface area contributed by atoms with Crippen molar-refractivity contribution in [2.75, 3.05) is 0 Å². The van der Waals surface area contributed by atoms with E-state index in [9.17, 15) is 14.7 Å². The lowest BCUT2D eigenvalue weighted by atomic mass is 9.45. The van der Waals surface area contributed by atoms with Crippen LogP contribution in [0, 0.1) is 46.3 Å². The number of Topliss-reactive ketones (excluding diaryl/α,β-unsaturated/α-hetero) is 1. The first kappa shape index (κ1) is 22.3. The summed E-state index contributed by atoms with van der Waals surface area (Å²) in [7, 11) is 0. The van der Waals surface area contributed by atoms with E-state index in [0.29, 0.717) is 42.4 Å². The second kappa shape index (κ2) is 7.60. The fraction of sp³-hybridized carbons (Fsp3) is 0.923. The zero-order valence-electron chi connectivity index (χ0n) is 19.8. The summed E-state index contributed by atoms with van der Waals surface area (Å²) >= 11 is 0. The summed E-state index contributed by atoms with van der Waals surface area (Å²) < 4.78 is 0. The molecule has 3 aliphatic carbocycles. The fourth-order valence-electron chi connectivity index (χ4n) is 8.55. The molecule has 0 aromatic heterocycles. The van der Waals surface area contributed by atoms with Crippen LogP contribution in [0.4, 0.5) is 0 Å². The molecular weight excluding hydrogens is 374 g/mol. The minimum Gasteiger partial charge on any atom is -0.364 e. The number of ketones is 1. The standard InChI is InChI=1S/C26H43NO3/c1-16(2)7-6-8-17(3)19-9-10-20-18-15-22(28)26(30)25(5,14-12-23(29)27-26)21(18)11-13-24(19,20)4/h16-21,30H,6-15H2,1-5H3,(H,27,29)/t17-,18+,19-,20+,21+,24-,25-,26+/m1/s1. The summed E-state index contributed by atoms with van der Waals surface area (Å²) in [5, 5.41) is 14.0. The highest BCUT2D eigenvalue weighted by atomic mass is 16.3. The number of amides is 1. The molecule has 4 aliphatic rings. The Balaban J connectivity index is 1.54. The van der Waals surface area contributed by atoms with E-state index in [1.807, 2.05) is 0 Å². The maximum absolute atomic E-state index is 13.2. The molecule has 30 heavy (non-hydrogen) atoms. The number of nitrogens with one attached hydrogen (secondary N) is 1. The Morgan fingerprint density at radius 3 is 2.47 bits per heavy atom. The molecule has 1 amide bonds. The average molecular weight is 418 g/mol. The maximum atomic E-state index is 13.2. The summed E-state index contributed by atoms with van der Waals surface area (Å²) in [6, 6.07) is 0. The van der Waals surface area contributed by atoms with Crippen LogP contribution in [-0.4, -0.2) is 22.5 Å². The Labute approximate surface area is 183 Å². The number of rotatable bonds is 5. The molecule has 170 valence electrons. The molecule has 8 atom stereocenters. The smallest absolute Gasteiger partial charge is 0.222 e. The molecular formula is C26H43NO3. The van der Waals surface area contributed by atoms with Gasteiger partial charge in [-0.25, -0.2) is 0 Å². The highest BCUT2D eigenvalue weighted by molar-refractivity contribution is 5.94. The van der Waals surface area contributed by atoms with Crippen LogP contribution in [0.2, 0.25) is 0 Å². The van der Waals surface area contributed by atoms with E-state index >= 15 is 0 Å². The number of piperidine rings is 1. The third kappa shape index (κ3) is 3.19. The molecule has 0 unspecified atom stereocenters. The third-order valence-electron chi connectivity index (χ3n) is 10.3. The molecule has 3 saturated carbocycles. The lowest BCUT2D eigenvalue weighted by Gasteiger charge is -2.62. The number of aliphatic hydroxyl groups is 1. The minimum absolute atomic E-state index is 0.142. The normalized spacial score (nSPS) is 46.8. The predicted molar refractivity (Wildman–Crippen MR) is 118 cm³/mol. The molecule has 1 aliphatic heterocycles. The molecule has 0 radical (unpaired) electrons. The number of carbonyl (C=O) groups excluding carboxylic acids is 2. The summed E-state index contributed by atoms with van der Waals surface area (Å²) in [6.45, 7) is 11.7. The van der Waals surface area contributed by atoms with Gasteiger partial charge in [0.05, 0.1) is 0 Å². The van der Waals surface area contributed by atoms with Gasteiger partial charge < -0.3 is 10.4 Å². The fourth-order valence-corrected chi connectivity index (χ4v) is 8.55. The van der Waals surface area contributed by atoms with Gasteiger partial charge in [-0.05, 0) is 73.0 Å². The average Bonchev–Trinajstić information content (AvgIpc) is 3.01. The van der Waals surface area contributed by atoms with E-state index in [4.69, 9.17) is 0 Å². The minimum atomic E-state index is -1.65. The van der Waals surface area contributed by atoms with Crippen LogP contribution in [0.1, 0.15) is 98.8 Å². The van der Waals surface area contributed by atoms with Crippen molar-refractivity contribution in [1.82, 2.24) is 5.32 Å². The van der Waals surface area contributed by atoms with Gasteiger partial charge in [-0.2, -0.15) is 0 Å². The number of hydrogen-bond donors (Lipinski definition) is 2. The van der Waals surface area contributed by atoms with Crippen LogP contribution in [0.5, 0.6) is 0 Å². The zero-order valence-corrected chi connectivity index (χ0v) is 19.8. The van der Waals surface area contributed by atoms with Gasteiger partial charge in [0.1, 0.15) is 0 Å². The SMILES string of the molecule is CC(C)CCC[C@@H](C)[C@H]1CC[C@H]2[C@@H]3CC(=O)[C@@]4(O)NC(=O)CC[C@]4(C)[C@H]3CC[C@]12C. The molecule has 0 bridgehead atoms. The van der Waals surface area contributed by atoms with Gasteiger partial charge in [0, 0.05) is 18.3 Å². The third-order valence-corrected chi connectivity index (χ3v) is 10.3. The molecule has 2 N–H and O–H groups in total. The van der Waals surface area contributed by atoms with Crippen molar-refractivity contribution >= 4 is 11.7 Å². The molecule has 4 heteroatoms. The maximum Gasteiger partial charge on any atom is 0.222 e. The van der Waals surface area contributed by atoms with Crippen molar-refractivity contribution in [2.24, 2.45) is 46.3 Å². The van der Waals surface area contributed by atoms with Crippen molar-refractivity contribution in [2.45, 2.75) is 105 Å². The number of hydrogen-bond acceptors (Lipinski definition) is 3. The molecule has 1 saturated heterocycles. The Bertz CT molecular complexity index is 704. The Hall–Kier alpha value is -0.900. The highest BCUT2D eigenvalue weighted by Crippen LogP contribution is 2.67. The lowest BCUT2D eigenvalue weighted by molar-refractivity contribution is -0.212. The van der Waals surface area contributed by atoms with Crippen LogP contribution in [0.3, 0.4) is 0 Å². The number of carbonyl (C=O) groups is 2. The molecule has 0 aromatic rings. The Kier molecular flexibility index (Phi) is 5.65. The van der Waals surface area contributed by atoms with Gasteiger partial charge in [0.15, 0.2) is 5.78 Å². The van der Waals surface area contributed by atoms with Gasteiger partial charge >= 0.3 is 0 Å². The van der Waals surface area contributed by atoms with E-state index in [-0.39, 0.29) is 11.7 Å². The topological polar surface area (TPSA) is 66.4 Å². The van der Waals surface area contributed by atoms with Gasteiger partial charge in [-0.3, -0.25) is 9.59 Å². The van der Waals surface area contributed by atoms with Crippen LogP contribution in [0.25, 0.3) is 0 Å². The largest absolute Gasteiger partial charge is 0.364 e. The van der Waals surface area contributed by atoms with E-state index in [0.717, 1.165) is 24.2 Å². The van der Waals surface area contributed by atoms with Crippen molar-refractivity contribution in [1.29, 1.82) is 0 Å². The summed E-state index contributed by atoms with van der Waals surface area (Å²) in [5.41, 5.74) is -1.86. The van der Waals surface area contributed by atoms with Crippen LogP contribution in [-0.2, 0) is 9.59 Å². The van der Waals surface area contributed by atoms with Gasteiger partial charge in [-0.1, -0.05) is 53.9 Å². The van der Waals surface area contributed by atoms with Gasteiger partial charge in [0.25, 0.3) is 0 Å². The molecule has 1 heterocycles. The monoisotopic (exact) mass is 417 g/mol. The van der Waals surface area contributed by atoms with Crippen LogP contribution in [0.15, 0.2) is 0 Å². The van der Waals surface area contributed by atoms with Gasteiger partial charge in [-0.15, -0.1) is 0 Å². The highest BCUT2D eigenvalue weighted by Gasteiger charge is 2.68. The molecule has 0 spiro atoms. The van der Waals surface area contributed by atoms with E-state index < -0.39 is 11.1 Å². The Morgan fingerprint density at radius 1 is 1.03 bits per heavy atom. The number of fused-ring (bicyclic) bond motifs is 5. The van der Waals surface area contributed by atoms with Crippen molar-refractivity contribution in [3.63, 3.8) is 0 Å². The predicted octanol–water partition coefficient (Wildman–Crippen LogP) is 5.09. The van der Waals surface area contributed by atoms with Crippen LogP contribution < -0.4 is 5.32 Å². The first-order chi connectivity index (χ1) is 14.0. The lowest BCUT2D eigenvalue weighted by Crippen LogP contribution is -2.73.